The van der Waals surface area contributed by atoms with Crippen molar-refractivity contribution < 1.29 is 9.47 Å². The lowest BCUT2D eigenvalue weighted by Crippen LogP contribution is -2.25. The SMILES string of the molecule is COc1cc2c(cc1OC)[C@H]1C[C@H]2C[C@@H]1N=C(Cc1ccccc1C)NC#N. The minimum absolute atomic E-state index is 0.190. The fraction of sp³-hybridized carbons (Fsp3) is 0.391. The van der Waals surface area contributed by atoms with Crippen LogP contribution in [-0.4, -0.2) is 26.1 Å². The number of nitriles is 1. The summed E-state index contributed by atoms with van der Waals surface area (Å²) in [5.41, 5.74) is 5.08. The largest absolute Gasteiger partial charge is 0.493 e. The van der Waals surface area contributed by atoms with E-state index in [4.69, 9.17) is 14.5 Å². The van der Waals surface area contributed by atoms with E-state index in [1.807, 2.05) is 12.1 Å². The second-order valence-electron chi connectivity index (χ2n) is 7.59. The molecule has 5 nitrogen and oxygen atoms in total. The highest BCUT2D eigenvalue weighted by Crippen LogP contribution is 2.56. The first-order chi connectivity index (χ1) is 13.6. The normalized spacial score (nSPS) is 22.5. The van der Waals surface area contributed by atoms with E-state index >= 15 is 0 Å². The zero-order valence-electron chi connectivity index (χ0n) is 16.5. The van der Waals surface area contributed by atoms with E-state index in [0.29, 0.717) is 18.3 Å². The van der Waals surface area contributed by atoms with Crippen molar-refractivity contribution in [3.63, 3.8) is 0 Å². The summed E-state index contributed by atoms with van der Waals surface area (Å²) in [5.74, 6) is 3.17. The minimum Gasteiger partial charge on any atom is -0.493 e. The molecular formula is C23H25N3O2. The van der Waals surface area contributed by atoms with Crippen molar-refractivity contribution in [1.29, 1.82) is 5.26 Å². The van der Waals surface area contributed by atoms with Crippen molar-refractivity contribution in [2.24, 2.45) is 4.99 Å². The van der Waals surface area contributed by atoms with Crippen LogP contribution in [0.5, 0.6) is 11.5 Å². The number of rotatable bonds is 5. The highest BCUT2D eigenvalue weighted by atomic mass is 16.5. The van der Waals surface area contributed by atoms with Crippen LogP contribution in [0.25, 0.3) is 0 Å². The molecule has 2 aromatic rings. The molecule has 5 heteroatoms. The van der Waals surface area contributed by atoms with Crippen molar-refractivity contribution in [1.82, 2.24) is 5.32 Å². The summed E-state index contributed by atoms with van der Waals surface area (Å²) in [4.78, 5) is 4.99. The number of benzene rings is 2. The Morgan fingerprint density at radius 2 is 1.86 bits per heavy atom. The maximum Gasteiger partial charge on any atom is 0.182 e. The molecule has 0 aliphatic heterocycles. The van der Waals surface area contributed by atoms with Gasteiger partial charge in [-0.25, -0.2) is 0 Å². The first-order valence-electron chi connectivity index (χ1n) is 9.66. The van der Waals surface area contributed by atoms with Gasteiger partial charge < -0.3 is 9.47 Å². The van der Waals surface area contributed by atoms with Gasteiger partial charge in [-0.15, -0.1) is 0 Å². The Morgan fingerprint density at radius 1 is 1.14 bits per heavy atom. The van der Waals surface area contributed by atoms with Gasteiger partial charge in [0.05, 0.1) is 20.3 Å². The second kappa shape index (κ2) is 7.55. The molecule has 1 saturated carbocycles. The molecular weight excluding hydrogens is 350 g/mol. The van der Waals surface area contributed by atoms with Crippen LogP contribution >= 0.6 is 0 Å². The molecule has 28 heavy (non-hydrogen) atoms. The summed E-state index contributed by atoms with van der Waals surface area (Å²) in [5, 5.41) is 12.0. The molecule has 0 spiro atoms. The van der Waals surface area contributed by atoms with Crippen LogP contribution in [0.15, 0.2) is 41.4 Å². The Morgan fingerprint density at radius 3 is 2.54 bits per heavy atom. The quantitative estimate of drug-likeness (QED) is 0.370. The maximum absolute atomic E-state index is 9.20. The Hall–Kier alpha value is -3.00. The number of fused-ring (bicyclic) bond motifs is 5. The molecule has 1 fully saturated rings. The van der Waals surface area contributed by atoms with E-state index in [-0.39, 0.29) is 6.04 Å². The van der Waals surface area contributed by atoms with Gasteiger partial charge in [-0.1, -0.05) is 24.3 Å². The second-order valence-corrected chi connectivity index (χ2v) is 7.59. The number of amidine groups is 1. The van der Waals surface area contributed by atoms with Crippen LogP contribution in [0, 0.1) is 18.4 Å². The van der Waals surface area contributed by atoms with Gasteiger partial charge in [0.15, 0.2) is 17.7 Å². The summed E-state index contributed by atoms with van der Waals surface area (Å²) in [6.45, 7) is 2.09. The van der Waals surface area contributed by atoms with Crippen molar-refractivity contribution in [3.8, 4) is 17.7 Å². The highest BCUT2D eigenvalue weighted by Gasteiger charge is 2.44. The molecule has 4 rings (SSSR count). The van der Waals surface area contributed by atoms with Crippen molar-refractivity contribution in [2.45, 2.75) is 44.1 Å². The molecule has 0 radical (unpaired) electrons. The number of nitrogens with zero attached hydrogens (tertiary/aromatic N) is 2. The van der Waals surface area contributed by atoms with E-state index in [2.05, 4.69) is 42.7 Å². The predicted molar refractivity (Wildman–Crippen MR) is 109 cm³/mol. The fourth-order valence-electron chi connectivity index (χ4n) is 4.71. The Labute approximate surface area is 166 Å². The van der Waals surface area contributed by atoms with Gasteiger partial charge in [0.25, 0.3) is 0 Å². The molecule has 0 amide bonds. The van der Waals surface area contributed by atoms with Crippen LogP contribution in [0.4, 0.5) is 0 Å². The van der Waals surface area contributed by atoms with Gasteiger partial charge in [0, 0.05) is 12.3 Å². The number of methoxy groups -OCH3 is 2. The van der Waals surface area contributed by atoms with E-state index < -0.39 is 0 Å². The van der Waals surface area contributed by atoms with Gasteiger partial charge in [0.1, 0.15) is 5.84 Å². The number of hydrogen-bond donors (Lipinski definition) is 1. The van der Waals surface area contributed by atoms with Crippen LogP contribution in [-0.2, 0) is 6.42 Å². The lowest BCUT2D eigenvalue weighted by molar-refractivity contribution is 0.353. The lowest BCUT2D eigenvalue weighted by atomic mass is 9.88. The summed E-state index contributed by atoms with van der Waals surface area (Å²) in [6, 6.07) is 12.7. The number of ether oxygens (including phenoxy) is 2. The van der Waals surface area contributed by atoms with E-state index in [0.717, 1.165) is 30.2 Å². The first kappa shape index (κ1) is 18.4. The molecule has 2 aromatic carbocycles. The molecule has 1 N–H and O–H groups in total. The van der Waals surface area contributed by atoms with Crippen molar-refractivity contribution in [3.05, 3.63) is 58.7 Å². The highest BCUT2D eigenvalue weighted by molar-refractivity contribution is 5.86. The smallest absolute Gasteiger partial charge is 0.182 e. The third-order valence-corrected chi connectivity index (χ3v) is 6.10. The van der Waals surface area contributed by atoms with Gasteiger partial charge in [-0.3, -0.25) is 10.3 Å². The van der Waals surface area contributed by atoms with Crippen LogP contribution in [0.1, 0.15) is 46.9 Å². The number of nitrogens with one attached hydrogen (secondary N) is 1. The van der Waals surface area contributed by atoms with Crippen molar-refractivity contribution in [2.75, 3.05) is 14.2 Å². The van der Waals surface area contributed by atoms with E-state index in [1.165, 1.54) is 22.3 Å². The molecule has 0 aromatic heterocycles. The van der Waals surface area contributed by atoms with E-state index in [9.17, 15) is 5.26 Å². The Bertz CT molecular complexity index is 961. The fourth-order valence-corrected chi connectivity index (χ4v) is 4.71. The van der Waals surface area contributed by atoms with Gasteiger partial charge in [-0.05, 0) is 60.1 Å². The molecule has 144 valence electrons. The monoisotopic (exact) mass is 375 g/mol. The minimum atomic E-state index is 0.190. The third-order valence-electron chi connectivity index (χ3n) is 6.10. The molecule has 2 aliphatic rings. The van der Waals surface area contributed by atoms with Crippen LogP contribution in [0.2, 0.25) is 0 Å². The molecule has 3 atom stereocenters. The summed E-state index contributed by atoms with van der Waals surface area (Å²) >= 11 is 0. The average Bonchev–Trinajstić information content (AvgIpc) is 3.27. The lowest BCUT2D eigenvalue weighted by Gasteiger charge is -2.24. The average molecular weight is 375 g/mol. The zero-order valence-corrected chi connectivity index (χ0v) is 16.5. The standard InChI is InChI=1S/C23H25N3O2/c1-14-6-4-5-7-15(14)10-23(25-13-24)26-20-9-16-8-19(20)18-12-22(28-3)21(27-2)11-17(16)18/h4-7,11-12,16,19-20H,8-10H2,1-3H3,(H,25,26)/t16-,19+,20-/m0/s1. The number of aryl methyl sites for hydroxylation is 1. The molecule has 2 bridgehead atoms. The number of aliphatic imine (C=N–C) groups is 1. The summed E-state index contributed by atoms with van der Waals surface area (Å²) in [6.07, 6.45) is 4.82. The van der Waals surface area contributed by atoms with Gasteiger partial charge >= 0.3 is 0 Å². The third kappa shape index (κ3) is 3.20. The van der Waals surface area contributed by atoms with Gasteiger partial charge in [-0.2, -0.15) is 5.26 Å². The summed E-state index contributed by atoms with van der Waals surface area (Å²) < 4.78 is 11.0. The topological polar surface area (TPSA) is 66.6 Å². The van der Waals surface area contributed by atoms with E-state index in [1.54, 1.807) is 14.2 Å². The molecule has 0 saturated heterocycles. The Kier molecular flexibility index (Phi) is 4.95. The summed E-state index contributed by atoms with van der Waals surface area (Å²) in [7, 11) is 3.35. The maximum atomic E-state index is 9.20. The van der Waals surface area contributed by atoms with Gasteiger partial charge in [0.2, 0.25) is 0 Å². The predicted octanol–water partition coefficient (Wildman–Crippen LogP) is 4.07. The molecule has 0 unspecified atom stereocenters. The van der Waals surface area contributed by atoms with Crippen LogP contribution in [0.3, 0.4) is 0 Å². The molecule has 2 aliphatic carbocycles. The number of hydrogen-bond acceptors (Lipinski definition) is 4. The molecule has 0 heterocycles. The zero-order chi connectivity index (χ0) is 19.7. The van der Waals surface area contributed by atoms with Crippen LogP contribution < -0.4 is 14.8 Å². The first-order valence-corrected chi connectivity index (χ1v) is 9.66. The Balaban J connectivity index is 1.62. The van der Waals surface area contributed by atoms with Crippen molar-refractivity contribution >= 4 is 5.84 Å².